The highest BCUT2D eigenvalue weighted by molar-refractivity contribution is 5.92. The maximum Gasteiger partial charge on any atom is 0.326 e. The van der Waals surface area contributed by atoms with E-state index in [4.69, 9.17) is 4.42 Å². The van der Waals surface area contributed by atoms with Crippen LogP contribution in [0.1, 0.15) is 41.6 Å². The summed E-state index contributed by atoms with van der Waals surface area (Å²) in [4.78, 5) is 30.1. The van der Waals surface area contributed by atoms with Crippen molar-refractivity contribution in [1.29, 1.82) is 0 Å². The number of hydrogen-bond donors (Lipinski definition) is 1. The zero-order chi connectivity index (χ0) is 22.9. The van der Waals surface area contributed by atoms with Crippen LogP contribution >= 0.6 is 0 Å². The molecule has 1 fully saturated rings. The zero-order valence-electron chi connectivity index (χ0n) is 19.0. The average Bonchev–Trinajstić information content (AvgIpc) is 3.52. The van der Waals surface area contributed by atoms with Crippen LogP contribution in [0.3, 0.4) is 0 Å². The van der Waals surface area contributed by atoms with E-state index < -0.39 is 0 Å². The molecule has 1 saturated heterocycles. The maximum atomic E-state index is 12.8. The number of rotatable bonds is 5. The highest BCUT2D eigenvalue weighted by atomic mass is 16.3. The van der Waals surface area contributed by atoms with Crippen LogP contribution < -0.4 is 5.69 Å². The Kier molecular flexibility index (Phi) is 5.54. The molecule has 33 heavy (non-hydrogen) atoms. The number of hydrogen-bond acceptors (Lipinski definition) is 3. The van der Waals surface area contributed by atoms with Crippen molar-refractivity contribution in [3.63, 3.8) is 0 Å². The third-order valence-electron chi connectivity index (χ3n) is 6.68. The molecule has 1 N–H and O–H groups in total. The lowest BCUT2D eigenvalue weighted by Gasteiger charge is -2.32. The third-order valence-corrected chi connectivity index (χ3v) is 6.68. The lowest BCUT2D eigenvalue weighted by molar-refractivity contribution is -0.127. The van der Waals surface area contributed by atoms with Gasteiger partial charge in [-0.05, 0) is 68.7 Å². The topological polar surface area (TPSA) is 76.2 Å². The lowest BCUT2D eigenvalue weighted by atomic mass is 10.0. The molecule has 1 aliphatic rings. The molecule has 1 amide bonds. The molecule has 0 aliphatic carbocycles. The van der Waals surface area contributed by atoms with E-state index in [1.807, 2.05) is 51.9 Å². The van der Waals surface area contributed by atoms with Crippen LogP contribution in [0, 0.1) is 13.8 Å². The van der Waals surface area contributed by atoms with Crippen molar-refractivity contribution in [2.45, 2.75) is 39.3 Å². The van der Waals surface area contributed by atoms with Gasteiger partial charge in [0.2, 0.25) is 5.91 Å². The van der Waals surface area contributed by atoms with Gasteiger partial charge in [0.05, 0.1) is 23.8 Å². The summed E-state index contributed by atoms with van der Waals surface area (Å²) < 4.78 is 9.51. The van der Waals surface area contributed by atoms with E-state index in [-0.39, 0.29) is 17.6 Å². The second-order valence-electron chi connectivity index (χ2n) is 8.70. The second-order valence-corrected chi connectivity index (χ2v) is 8.70. The van der Waals surface area contributed by atoms with E-state index >= 15 is 0 Å². The number of piperidine rings is 1. The predicted molar refractivity (Wildman–Crippen MR) is 128 cm³/mol. The number of para-hydroxylation sites is 2. The summed E-state index contributed by atoms with van der Waals surface area (Å²) in [6.07, 6.45) is 6.77. The Morgan fingerprint density at radius 3 is 2.70 bits per heavy atom. The molecular weight excluding hydrogens is 416 g/mol. The molecule has 0 atom stereocenters. The molecule has 0 radical (unpaired) electrons. The number of furan rings is 1. The third kappa shape index (κ3) is 4.06. The quantitative estimate of drug-likeness (QED) is 0.467. The van der Waals surface area contributed by atoms with Gasteiger partial charge < -0.3 is 18.9 Å². The molecule has 7 heteroatoms. The smallest absolute Gasteiger partial charge is 0.326 e. The maximum absolute atomic E-state index is 12.8. The van der Waals surface area contributed by atoms with Gasteiger partial charge in [-0.15, -0.1) is 0 Å². The number of aryl methyl sites for hydroxylation is 1. The molecule has 170 valence electrons. The molecule has 0 unspecified atom stereocenters. The van der Waals surface area contributed by atoms with Crippen molar-refractivity contribution >= 4 is 23.0 Å². The number of aromatic nitrogens is 3. The minimum absolute atomic E-state index is 0.00978. The number of aromatic amines is 1. The number of H-pyrrole nitrogens is 1. The monoisotopic (exact) mass is 444 g/mol. The Balaban J connectivity index is 1.24. The number of nitrogens with one attached hydrogen (secondary N) is 1. The van der Waals surface area contributed by atoms with Crippen LogP contribution in [0.25, 0.3) is 17.1 Å². The van der Waals surface area contributed by atoms with Gasteiger partial charge in [-0.1, -0.05) is 12.1 Å². The highest BCUT2D eigenvalue weighted by Gasteiger charge is 2.25. The van der Waals surface area contributed by atoms with Gasteiger partial charge in [-0.25, -0.2) is 4.79 Å². The fraction of sp³-hybridized carbons (Fsp3) is 0.308. The van der Waals surface area contributed by atoms with Gasteiger partial charge in [0.15, 0.2) is 0 Å². The van der Waals surface area contributed by atoms with Gasteiger partial charge in [0.1, 0.15) is 5.76 Å². The summed E-state index contributed by atoms with van der Waals surface area (Å²) in [5.41, 5.74) is 4.97. The number of carbonyl (C=O) groups excluding carboxylic acids is 1. The Bertz CT molecular complexity index is 1360. The molecular formula is C26H28N4O3. The first-order valence-electron chi connectivity index (χ1n) is 11.4. The fourth-order valence-corrected chi connectivity index (χ4v) is 4.85. The van der Waals surface area contributed by atoms with Crippen LogP contribution in [0.15, 0.2) is 64.0 Å². The van der Waals surface area contributed by atoms with Crippen LogP contribution in [0.2, 0.25) is 0 Å². The SMILES string of the molecule is Cc1cc(C=CC(=O)N2CCC(n3c(=O)[nH]c4ccccc43)CC2)c(C)n1Cc1ccco1. The van der Waals surface area contributed by atoms with Crippen LogP contribution in [0.4, 0.5) is 0 Å². The normalized spacial score (nSPS) is 15.2. The standard InChI is InChI=1S/C26H28N4O3/c1-18-16-20(19(2)29(18)17-22-6-5-15-33-22)9-10-25(31)28-13-11-21(12-14-28)30-24-8-4-3-7-23(24)27-26(30)32/h3-10,15-16,21H,11-14,17H2,1-2H3,(H,27,32). The van der Waals surface area contributed by atoms with Crippen LogP contribution in [0.5, 0.6) is 0 Å². The van der Waals surface area contributed by atoms with Crippen molar-refractivity contribution in [2.75, 3.05) is 13.1 Å². The number of fused-ring (bicyclic) bond motifs is 1. The van der Waals surface area contributed by atoms with Crippen LogP contribution in [-0.2, 0) is 11.3 Å². The molecule has 5 rings (SSSR count). The summed E-state index contributed by atoms with van der Waals surface area (Å²) in [5, 5.41) is 0. The van der Waals surface area contributed by atoms with Crippen molar-refractivity contribution in [2.24, 2.45) is 0 Å². The molecule has 0 spiro atoms. The first-order valence-corrected chi connectivity index (χ1v) is 11.4. The molecule has 0 bridgehead atoms. The van der Waals surface area contributed by atoms with Crippen molar-refractivity contribution in [1.82, 2.24) is 19.0 Å². The van der Waals surface area contributed by atoms with E-state index in [9.17, 15) is 9.59 Å². The van der Waals surface area contributed by atoms with Gasteiger partial charge in [0, 0.05) is 36.6 Å². The minimum Gasteiger partial charge on any atom is -0.467 e. The molecule has 4 heterocycles. The number of imidazole rings is 1. The molecule has 1 aromatic carbocycles. The van der Waals surface area contributed by atoms with E-state index in [0.29, 0.717) is 19.6 Å². The van der Waals surface area contributed by atoms with Gasteiger partial charge in [-0.2, -0.15) is 0 Å². The van der Waals surface area contributed by atoms with Crippen molar-refractivity contribution in [3.8, 4) is 0 Å². The first-order chi connectivity index (χ1) is 16.0. The first kappa shape index (κ1) is 21.1. The van der Waals surface area contributed by atoms with E-state index in [0.717, 1.165) is 46.6 Å². The highest BCUT2D eigenvalue weighted by Crippen LogP contribution is 2.25. The Morgan fingerprint density at radius 1 is 1.15 bits per heavy atom. The summed E-state index contributed by atoms with van der Waals surface area (Å²) in [6, 6.07) is 13.8. The molecule has 3 aromatic heterocycles. The number of nitrogens with zero attached hydrogens (tertiary/aromatic N) is 3. The second kappa shape index (κ2) is 8.65. The summed E-state index contributed by atoms with van der Waals surface area (Å²) in [6.45, 7) is 6.07. The number of carbonyl (C=O) groups is 1. The zero-order valence-corrected chi connectivity index (χ0v) is 19.0. The van der Waals surface area contributed by atoms with Gasteiger partial charge in [-0.3, -0.25) is 9.36 Å². The Hall–Kier alpha value is -3.74. The van der Waals surface area contributed by atoms with Crippen LogP contribution in [-0.4, -0.2) is 38.0 Å². The predicted octanol–water partition coefficient (Wildman–Crippen LogP) is 4.27. The summed E-state index contributed by atoms with van der Waals surface area (Å²) >= 11 is 0. The lowest BCUT2D eigenvalue weighted by Crippen LogP contribution is -2.39. The average molecular weight is 445 g/mol. The minimum atomic E-state index is -0.0780. The van der Waals surface area contributed by atoms with Gasteiger partial charge in [0.25, 0.3) is 0 Å². The molecule has 4 aromatic rings. The van der Waals surface area contributed by atoms with Crippen molar-refractivity contribution in [3.05, 3.63) is 88.0 Å². The largest absolute Gasteiger partial charge is 0.467 e. The Morgan fingerprint density at radius 2 is 1.94 bits per heavy atom. The molecule has 7 nitrogen and oxygen atoms in total. The van der Waals surface area contributed by atoms with E-state index in [1.54, 1.807) is 12.3 Å². The molecule has 0 saturated carbocycles. The molecule has 1 aliphatic heterocycles. The number of benzene rings is 1. The van der Waals surface area contributed by atoms with Gasteiger partial charge >= 0.3 is 5.69 Å². The number of amides is 1. The summed E-state index contributed by atoms with van der Waals surface area (Å²) in [5.74, 6) is 0.913. The fourth-order valence-electron chi connectivity index (χ4n) is 4.85. The summed E-state index contributed by atoms with van der Waals surface area (Å²) in [7, 11) is 0. The van der Waals surface area contributed by atoms with E-state index in [1.165, 1.54) is 0 Å². The number of likely N-dealkylation sites (tertiary alicyclic amines) is 1. The van der Waals surface area contributed by atoms with E-state index in [2.05, 4.69) is 29.5 Å². The Labute approximate surface area is 191 Å². The van der Waals surface area contributed by atoms with Crippen molar-refractivity contribution < 1.29 is 9.21 Å².